The summed E-state index contributed by atoms with van der Waals surface area (Å²) in [6.07, 6.45) is 3.43. The third kappa shape index (κ3) is 6.33. The molecule has 1 unspecified atom stereocenters. The Balaban J connectivity index is 1.80. The highest BCUT2D eigenvalue weighted by molar-refractivity contribution is 5.93. The van der Waals surface area contributed by atoms with Crippen molar-refractivity contribution in [2.75, 3.05) is 5.32 Å². The lowest BCUT2D eigenvalue weighted by Gasteiger charge is -2.14. The van der Waals surface area contributed by atoms with Crippen molar-refractivity contribution in [3.05, 3.63) is 71.9 Å². The Morgan fingerprint density at radius 3 is 2.59 bits per heavy atom. The maximum absolute atomic E-state index is 12.9. The van der Waals surface area contributed by atoms with Crippen molar-refractivity contribution in [1.29, 1.82) is 0 Å². The van der Waals surface area contributed by atoms with Crippen molar-refractivity contribution in [2.45, 2.75) is 33.1 Å². The predicted molar refractivity (Wildman–Crippen MR) is 104 cm³/mol. The van der Waals surface area contributed by atoms with Gasteiger partial charge in [-0.25, -0.2) is 4.39 Å². The molecule has 27 heavy (non-hydrogen) atoms. The first-order valence-electron chi connectivity index (χ1n) is 8.89. The molecular weight excluding hydrogens is 345 g/mol. The SMILES string of the molecule is C=C(CCC(C)C(=O)Nc1ccc(F)cc1)NC(=O)c1cc(CC)ccn1. The van der Waals surface area contributed by atoms with Gasteiger partial charge in [-0.2, -0.15) is 0 Å². The summed E-state index contributed by atoms with van der Waals surface area (Å²) >= 11 is 0. The van der Waals surface area contributed by atoms with Crippen LogP contribution < -0.4 is 10.6 Å². The molecule has 1 atom stereocenters. The van der Waals surface area contributed by atoms with Gasteiger partial charge in [0.2, 0.25) is 5.91 Å². The van der Waals surface area contributed by atoms with Crippen molar-refractivity contribution in [3.8, 4) is 0 Å². The number of benzene rings is 1. The number of aromatic nitrogens is 1. The first-order valence-corrected chi connectivity index (χ1v) is 8.89. The second kappa shape index (κ2) is 9.62. The summed E-state index contributed by atoms with van der Waals surface area (Å²) in [5.74, 6) is -1.12. The lowest BCUT2D eigenvalue weighted by molar-refractivity contribution is -0.119. The summed E-state index contributed by atoms with van der Waals surface area (Å²) in [4.78, 5) is 28.5. The minimum absolute atomic E-state index is 0.168. The molecule has 5 nitrogen and oxygen atoms in total. The second-order valence-corrected chi connectivity index (χ2v) is 6.40. The van der Waals surface area contributed by atoms with E-state index in [-0.39, 0.29) is 23.5 Å². The zero-order valence-electron chi connectivity index (χ0n) is 15.6. The van der Waals surface area contributed by atoms with Crippen LogP contribution in [0.1, 0.15) is 42.7 Å². The van der Waals surface area contributed by atoms with Crippen LogP contribution >= 0.6 is 0 Å². The van der Waals surface area contributed by atoms with Crippen LogP contribution in [0, 0.1) is 11.7 Å². The number of rotatable bonds is 8. The molecule has 0 saturated heterocycles. The van der Waals surface area contributed by atoms with Crippen LogP contribution in [0.5, 0.6) is 0 Å². The zero-order valence-corrected chi connectivity index (χ0v) is 15.6. The van der Waals surface area contributed by atoms with Crippen molar-refractivity contribution >= 4 is 17.5 Å². The number of allylic oxidation sites excluding steroid dienone is 1. The molecule has 2 aromatic rings. The zero-order chi connectivity index (χ0) is 19.8. The first-order chi connectivity index (χ1) is 12.9. The van der Waals surface area contributed by atoms with Gasteiger partial charge in [0.05, 0.1) is 0 Å². The third-order valence-electron chi connectivity index (χ3n) is 4.19. The Morgan fingerprint density at radius 2 is 1.93 bits per heavy atom. The Labute approximate surface area is 158 Å². The standard InChI is InChI=1S/C21H24FN3O2/c1-4-16-11-12-23-19(13-16)21(27)24-15(3)6-5-14(2)20(26)25-18-9-7-17(22)8-10-18/h7-14H,3-6H2,1-2H3,(H,24,27)(H,25,26). The van der Waals surface area contributed by atoms with Gasteiger partial charge >= 0.3 is 0 Å². The highest BCUT2D eigenvalue weighted by Gasteiger charge is 2.15. The monoisotopic (exact) mass is 369 g/mol. The predicted octanol–water partition coefficient (Wildman–Crippen LogP) is 4.08. The van der Waals surface area contributed by atoms with E-state index in [1.807, 2.05) is 13.0 Å². The second-order valence-electron chi connectivity index (χ2n) is 6.40. The molecule has 0 aliphatic carbocycles. The number of nitrogens with zero attached hydrogens (tertiary/aromatic N) is 1. The van der Waals surface area contributed by atoms with Gasteiger partial charge < -0.3 is 10.6 Å². The van der Waals surface area contributed by atoms with E-state index in [9.17, 15) is 14.0 Å². The average molecular weight is 369 g/mol. The molecule has 2 N–H and O–H groups in total. The van der Waals surface area contributed by atoms with E-state index in [1.165, 1.54) is 24.3 Å². The van der Waals surface area contributed by atoms with E-state index in [1.54, 1.807) is 19.2 Å². The summed E-state index contributed by atoms with van der Waals surface area (Å²) in [6, 6.07) is 9.22. The number of nitrogens with one attached hydrogen (secondary N) is 2. The van der Waals surface area contributed by atoms with Gasteiger partial charge in [-0.1, -0.05) is 20.4 Å². The van der Waals surface area contributed by atoms with E-state index in [0.717, 1.165) is 12.0 Å². The number of halogens is 1. The Kier molecular flexibility index (Phi) is 7.23. The number of hydrogen-bond acceptors (Lipinski definition) is 3. The number of aryl methyl sites for hydroxylation is 1. The minimum atomic E-state index is -0.355. The molecule has 0 aliphatic rings. The van der Waals surface area contributed by atoms with Crippen LogP contribution in [0.2, 0.25) is 0 Å². The smallest absolute Gasteiger partial charge is 0.273 e. The van der Waals surface area contributed by atoms with Crippen LogP contribution in [0.3, 0.4) is 0 Å². The largest absolute Gasteiger partial charge is 0.326 e. The molecule has 0 fully saturated rings. The van der Waals surface area contributed by atoms with E-state index in [2.05, 4.69) is 22.2 Å². The molecule has 1 aromatic heterocycles. The number of amides is 2. The molecule has 0 radical (unpaired) electrons. The molecule has 1 aromatic carbocycles. The fourth-order valence-corrected chi connectivity index (χ4v) is 2.43. The van der Waals surface area contributed by atoms with Crippen molar-refractivity contribution in [2.24, 2.45) is 5.92 Å². The molecule has 2 rings (SSSR count). The molecule has 6 heteroatoms. The lowest BCUT2D eigenvalue weighted by Crippen LogP contribution is -2.25. The van der Waals surface area contributed by atoms with Crippen LogP contribution in [0.4, 0.5) is 10.1 Å². The number of hydrogen-bond donors (Lipinski definition) is 2. The minimum Gasteiger partial charge on any atom is -0.326 e. The molecule has 142 valence electrons. The highest BCUT2D eigenvalue weighted by atomic mass is 19.1. The van der Waals surface area contributed by atoms with Gasteiger partial charge in [0, 0.05) is 23.5 Å². The Morgan fingerprint density at radius 1 is 1.22 bits per heavy atom. The number of pyridine rings is 1. The van der Waals surface area contributed by atoms with Crippen LogP contribution in [-0.4, -0.2) is 16.8 Å². The molecule has 0 spiro atoms. The Hall–Kier alpha value is -3.02. The maximum atomic E-state index is 12.9. The topological polar surface area (TPSA) is 71.1 Å². The molecule has 0 bridgehead atoms. The van der Waals surface area contributed by atoms with Crippen molar-refractivity contribution in [3.63, 3.8) is 0 Å². The van der Waals surface area contributed by atoms with Crippen LogP contribution in [-0.2, 0) is 11.2 Å². The van der Waals surface area contributed by atoms with Crippen molar-refractivity contribution < 1.29 is 14.0 Å². The van der Waals surface area contributed by atoms with E-state index in [0.29, 0.717) is 29.9 Å². The first kappa shape index (κ1) is 20.3. The quantitative estimate of drug-likeness (QED) is 0.736. The van der Waals surface area contributed by atoms with E-state index >= 15 is 0 Å². The molecule has 0 aliphatic heterocycles. The fourth-order valence-electron chi connectivity index (χ4n) is 2.43. The maximum Gasteiger partial charge on any atom is 0.273 e. The van der Waals surface area contributed by atoms with Crippen molar-refractivity contribution in [1.82, 2.24) is 10.3 Å². The Bertz CT molecular complexity index is 818. The molecule has 1 heterocycles. The molecule has 2 amide bonds. The summed E-state index contributed by atoms with van der Waals surface area (Å²) in [5, 5.41) is 5.47. The van der Waals surface area contributed by atoms with E-state index < -0.39 is 0 Å². The summed E-state index contributed by atoms with van der Waals surface area (Å²) in [6.45, 7) is 7.65. The van der Waals surface area contributed by atoms with Gasteiger partial charge in [0.25, 0.3) is 5.91 Å². The van der Waals surface area contributed by atoms with Gasteiger partial charge in [-0.3, -0.25) is 14.6 Å². The van der Waals surface area contributed by atoms with Gasteiger partial charge in [-0.05, 0) is 61.2 Å². The third-order valence-corrected chi connectivity index (χ3v) is 4.19. The number of carbonyl (C=O) groups excluding carboxylic acids is 2. The van der Waals surface area contributed by atoms with E-state index in [4.69, 9.17) is 0 Å². The average Bonchev–Trinajstić information content (AvgIpc) is 2.67. The highest BCUT2D eigenvalue weighted by Crippen LogP contribution is 2.14. The summed E-state index contributed by atoms with van der Waals surface area (Å²) in [5.41, 5.74) is 2.46. The summed E-state index contributed by atoms with van der Waals surface area (Å²) < 4.78 is 12.9. The number of anilines is 1. The lowest BCUT2D eigenvalue weighted by atomic mass is 10.0. The molecular formula is C21H24FN3O2. The molecule has 0 saturated carbocycles. The van der Waals surface area contributed by atoms with Gasteiger partial charge in [0.1, 0.15) is 11.5 Å². The van der Waals surface area contributed by atoms with Crippen LogP contribution in [0.25, 0.3) is 0 Å². The van der Waals surface area contributed by atoms with Gasteiger partial charge in [0.15, 0.2) is 0 Å². The summed E-state index contributed by atoms with van der Waals surface area (Å²) in [7, 11) is 0. The normalized spacial score (nSPS) is 11.5. The van der Waals surface area contributed by atoms with Gasteiger partial charge in [-0.15, -0.1) is 0 Å². The fraction of sp³-hybridized carbons (Fsp3) is 0.286. The number of carbonyl (C=O) groups is 2. The van der Waals surface area contributed by atoms with Crippen LogP contribution in [0.15, 0.2) is 54.9 Å².